The Bertz CT molecular complexity index is 763. The third kappa shape index (κ3) is 4.18. The first-order chi connectivity index (χ1) is 13.2. The molecule has 2 aliphatic rings. The number of nitrogens with one attached hydrogen (secondary N) is 1. The van der Waals surface area contributed by atoms with Gasteiger partial charge in [-0.25, -0.2) is 0 Å². The SMILES string of the molecule is CC(NC(=O)CCN1C(=O)[C@H]2CC=CC[C@H]2C1=O)c1ccc(C(C)(C)C)cc1. The second-order valence-electron chi connectivity index (χ2n) is 8.90. The first-order valence-corrected chi connectivity index (χ1v) is 10.1. The van der Waals surface area contributed by atoms with Crippen molar-refractivity contribution in [3.05, 3.63) is 47.5 Å². The highest BCUT2D eigenvalue weighted by Crippen LogP contribution is 2.35. The molecule has 1 aliphatic carbocycles. The number of hydrogen-bond donors (Lipinski definition) is 1. The quantitative estimate of drug-likeness (QED) is 0.626. The molecule has 28 heavy (non-hydrogen) atoms. The van der Waals surface area contributed by atoms with Crippen LogP contribution in [-0.4, -0.2) is 29.2 Å². The zero-order chi connectivity index (χ0) is 20.5. The van der Waals surface area contributed by atoms with E-state index in [0.29, 0.717) is 12.8 Å². The van der Waals surface area contributed by atoms with Gasteiger partial charge in [0.05, 0.1) is 17.9 Å². The highest BCUT2D eigenvalue weighted by Gasteiger charge is 2.46. The van der Waals surface area contributed by atoms with Crippen LogP contribution >= 0.6 is 0 Å². The van der Waals surface area contributed by atoms with Crippen molar-refractivity contribution in [1.82, 2.24) is 10.2 Å². The molecule has 3 atom stereocenters. The number of rotatable bonds is 5. The molecule has 1 aromatic carbocycles. The van der Waals surface area contributed by atoms with Gasteiger partial charge in [-0.05, 0) is 36.3 Å². The summed E-state index contributed by atoms with van der Waals surface area (Å²) in [5.74, 6) is -0.876. The molecule has 0 bridgehead atoms. The van der Waals surface area contributed by atoms with Crippen molar-refractivity contribution in [3.63, 3.8) is 0 Å². The predicted octanol–water partition coefficient (Wildman–Crippen LogP) is 3.50. The zero-order valence-corrected chi connectivity index (χ0v) is 17.2. The molecule has 1 fully saturated rings. The summed E-state index contributed by atoms with van der Waals surface area (Å²) in [6.45, 7) is 8.60. The fraction of sp³-hybridized carbons (Fsp3) is 0.522. The summed E-state index contributed by atoms with van der Waals surface area (Å²) >= 11 is 0. The topological polar surface area (TPSA) is 66.5 Å². The number of hydrogen-bond acceptors (Lipinski definition) is 3. The molecule has 3 rings (SSSR count). The lowest BCUT2D eigenvalue weighted by Crippen LogP contribution is -2.36. The lowest BCUT2D eigenvalue weighted by atomic mass is 9.85. The molecule has 1 aliphatic heterocycles. The van der Waals surface area contributed by atoms with Crippen LogP contribution in [-0.2, 0) is 19.8 Å². The minimum absolute atomic E-state index is 0.0898. The number of fused-ring (bicyclic) bond motifs is 1. The van der Waals surface area contributed by atoms with Crippen molar-refractivity contribution in [2.75, 3.05) is 6.54 Å². The molecule has 5 nitrogen and oxygen atoms in total. The molecule has 0 radical (unpaired) electrons. The minimum atomic E-state index is -0.235. The summed E-state index contributed by atoms with van der Waals surface area (Å²) < 4.78 is 0. The highest BCUT2D eigenvalue weighted by molar-refractivity contribution is 6.05. The Morgan fingerprint density at radius 3 is 2.11 bits per heavy atom. The molecule has 0 spiro atoms. The third-order valence-corrected chi connectivity index (χ3v) is 5.82. The number of imide groups is 1. The van der Waals surface area contributed by atoms with Crippen molar-refractivity contribution >= 4 is 17.7 Å². The molecule has 1 unspecified atom stereocenters. The number of allylic oxidation sites excluding steroid dienone is 2. The molecule has 0 saturated carbocycles. The summed E-state index contributed by atoms with van der Waals surface area (Å²) in [5.41, 5.74) is 2.37. The number of nitrogens with zero attached hydrogens (tertiary/aromatic N) is 1. The summed E-state index contributed by atoms with van der Waals surface area (Å²) in [6, 6.07) is 8.14. The number of likely N-dealkylation sites (tertiary alicyclic amines) is 1. The zero-order valence-electron chi connectivity index (χ0n) is 17.2. The van der Waals surface area contributed by atoms with Gasteiger partial charge in [0.2, 0.25) is 17.7 Å². The molecule has 1 heterocycles. The maximum atomic E-state index is 12.5. The number of amides is 3. The van der Waals surface area contributed by atoms with Crippen LogP contribution in [0.1, 0.15) is 64.1 Å². The van der Waals surface area contributed by atoms with E-state index in [0.717, 1.165) is 5.56 Å². The molecule has 150 valence electrons. The number of carbonyl (C=O) groups excluding carboxylic acids is 3. The average molecular weight is 383 g/mol. The van der Waals surface area contributed by atoms with Crippen LogP contribution < -0.4 is 5.32 Å². The molecule has 1 aromatic rings. The first kappa shape index (κ1) is 20.3. The standard InChI is InChI=1S/C23H30N2O3/c1-15(16-9-11-17(12-10-16)23(2,3)4)24-20(26)13-14-25-21(27)18-7-5-6-8-19(18)22(25)28/h5-6,9-12,15,18-19H,7-8,13-14H2,1-4H3,(H,24,26)/t15?,18-,19+. The average Bonchev–Trinajstić information content (AvgIpc) is 2.90. The van der Waals surface area contributed by atoms with Crippen LogP contribution in [0.3, 0.4) is 0 Å². The maximum Gasteiger partial charge on any atom is 0.233 e. The number of carbonyl (C=O) groups is 3. The van der Waals surface area contributed by atoms with E-state index in [1.165, 1.54) is 10.5 Å². The Morgan fingerprint density at radius 2 is 1.61 bits per heavy atom. The Kier molecular flexibility index (Phi) is 5.73. The van der Waals surface area contributed by atoms with E-state index in [1.807, 2.05) is 31.2 Å². The predicted molar refractivity (Wildman–Crippen MR) is 108 cm³/mol. The normalized spacial score (nSPS) is 22.9. The molecular weight excluding hydrogens is 352 g/mol. The lowest BCUT2D eigenvalue weighted by Gasteiger charge is -2.21. The minimum Gasteiger partial charge on any atom is -0.350 e. The van der Waals surface area contributed by atoms with Crippen LogP contribution in [0.2, 0.25) is 0 Å². The van der Waals surface area contributed by atoms with Crippen LogP contribution in [0, 0.1) is 11.8 Å². The fourth-order valence-electron chi connectivity index (χ4n) is 3.97. The van der Waals surface area contributed by atoms with Crippen molar-refractivity contribution in [2.45, 2.75) is 58.4 Å². The molecule has 1 N–H and O–H groups in total. The van der Waals surface area contributed by atoms with Crippen molar-refractivity contribution in [2.24, 2.45) is 11.8 Å². The van der Waals surface area contributed by atoms with Gasteiger partial charge in [0.1, 0.15) is 0 Å². The van der Waals surface area contributed by atoms with E-state index in [9.17, 15) is 14.4 Å². The Labute approximate surface area is 167 Å². The molecule has 3 amide bonds. The van der Waals surface area contributed by atoms with E-state index in [1.54, 1.807) is 0 Å². The maximum absolute atomic E-state index is 12.5. The Balaban J connectivity index is 1.53. The van der Waals surface area contributed by atoms with Gasteiger partial charge in [-0.1, -0.05) is 57.2 Å². The highest BCUT2D eigenvalue weighted by atomic mass is 16.2. The monoisotopic (exact) mass is 382 g/mol. The first-order valence-electron chi connectivity index (χ1n) is 10.1. The molecular formula is C23H30N2O3. The van der Waals surface area contributed by atoms with E-state index >= 15 is 0 Å². The Morgan fingerprint density at radius 1 is 1.07 bits per heavy atom. The fourth-order valence-corrected chi connectivity index (χ4v) is 3.97. The van der Waals surface area contributed by atoms with E-state index in [2.05, 4.69) is 38.2 Å². The summed E-state index contributed by atoms with van der Waals surface area (Å²) in [7, 11) is 0. The van der Waals surface area contributed by atoms with E-state index < -0.39 is 0 Å². The summed E-state index contributed by atoms with van der Waals surface area (Å²) in [4.78, 5) is 38.6. The van der Waals surface area contributed by atoms with Gasteiger partial charge in [0.25, 0.3) is 0 Å². The second-order valence-corrected chi connectivity index (χ2v) is 8.90. The van der Waals surface area contributed by atoms with Crippen molar-refractivity contribution in [3.8, 4) is 0 Å². The summed E-state index contributed by atoms with van der Waals surface area (Å²) in [5, 5.41) is 2.97. The van der Waals surface area contributed by atoms with Crippen molar-refractivity contribution in [1.29, 1.82) is 0 Å². The second kappa shape index (κ2) is 7.90. The Hall–Kier alpha value is -2.43. The largest absolute Gasteiger partial charge is 0.350 e. The van der Waals surface area contributed by atoms with Gasteiger partial charge in [-0.15, -0.1) is 0 Å². The smallest absolute Gasteiger partial charge is 0.233 e. The molecule has 5 heteroatoms. The van der Waals surface area contributed by atoms with Gasteiger partial charge >= 0.3 is 0 Å². The van der Waals surface area contributed by atoms with Gasteiger partial charge < -0.3 is 5.32 Å². The van der Waals surface area contributed by atoms with Crippen LogP contribution in [0.15, 0.2) is 36.4 Å². The van der Waals surface area contributed by atoms with Crippen molar-refractivity contribution < 1.29 is 14.4 Å². The molecule has 1 saturated heterocycles. The van der Waals surface area contributed by atoms with Crippen LogP contribution in [0.25, 0.3) is 0 Å². The lowest BCUT2D eigenvalue weighted by molar-refractivity contribution is -0.140. The van der Waals surface area contributed by atoms with Crippen LogP contribution in [0.4, 0.5) is 0 Å². The van der Waals surface area contributed by atoms with Crippen LogP contribution in [0.5, 0.6) is 0 Å². The van der Waals surface area contributed by atoms with Gasteiger partial charge in [0.15, 0.2) is 0 Å². The number of benzene rings is 1. The van der Waals surface area contributed by atoms with Gasteiger partial charge in [-0.2, -0.15) is 0 Å². The van der Waals surface area contributed by atoms with Gasteiger partial charge in [-0.3, -0.25) is 19.3 Å². The van der Waals surface area contributed by atoms with E-state index in [4.69, 9.17) is 0 Å². The summed E-state index contributed by atoms with van der Waals surface area (Å²) in [6.07, 6.45) is 5.32. The van der Waals surface area contributed by atoms with E-state index in [-0.39, 0.29) is 54.0 Å². The third-order valence-electron chi connectivity index (χ3n) is 5.82. The van der Waals surface area contributed by atoms with Gasteiger partial charge in [0, 0.05) is 13.0 Å². The molecule has 0 aromatic heterocycles.